The molecule has 1 unspecified atom stereocenters. The third-order valence-corrected chi connectivity index (χ3v) is 7.34. The lowest BCUT2D eigenvalue weighted by Crippen LogP contribution is -2.46. The molecule has 0 saturated carbocycles. The molecule has 1 aliphatic heterocycles. The van der Waals surface area contributed by atoms with Crippen molar-refractivity contribution in [2.24, 2.45) is 0 Å². The summed E-state index contributed by atoms with van der Waals surface area (Å²) in [6.45, 7) is 0.298. The van der Waals surface area contributed by atoms with Crippen molar-refractivity contribution in [1.82, 2.24) is 9.80 Å². The molecule has 0 spiro atoms. The van der Waals surface area contributed by atoms with Crippen LogP contribution in [0, 0.1) is 0 Å². The van der Waals surface area contributed by atoms with Gasteiger partial charge in [-0.1, -0.05) is 89.9 Å². The SMILES string of the molecule is O=C(O)C1CC(=O)N(CCc2ccc(Cl)cc2Cl)CC(=O)N1CCC(c1ccccc1)c1ccccc1. The molecule has 1 fully saturated rings. The minimum atomic E-state index is -1.21. The molecule has 2 amide bonds. The highest BCUT2D eigenvalue weighted by atomic mass is 35.5. The number of carboxylic acid groups (broad SMARTS) is 1. The van der Waals surface area contributed by atoms with E-state index in [4.69, 9.17) is 23.2 Å². The minimum absolute atomic E-state index is 0.0215. The molecule has 1 aliphatic rings. The zero-order valence-electron chi connectivity index (χ0n) is 20.2. The van der Waals surface area contributed by atoms with Gasteiger partial charge in [0.1, 0.15) is 6.04 Å². The Morgan fingerprint density at radius 1 is 0.892 bits per heavy atom. The number of aliphatic carboxylic acids is 1. The zero-order valence-corrected chi connectivity index (χ0v) is 21.7. The smallest absolute Gasteiger partial charge is 0.326 e. The highest BCUT2D eigenvalue weighted by Gasteiger charge is 2.38. The second kappa shape index (κ2) is 12.3. The monoisotopic (exact) mass is 538 g/mol. The summed E-state index contributed by atoms with van der Waals surface area (Å²) >= 11 is 12.2. The molecule has 37 heavy (non-hydrogen) atoms. The molecule has 1 N–H and O–H groups in total. The Kier molecular flexibility index (Phi) is 8.85. The standard InChI is InChI=1S/C29H28Cl2N2O4/c30-23-12-11-22(25(31)17-23)13-15-32-19-28(35)33(26(29(36)37)18-27(32)34)16-14-24(20-7-3-1-4-8-20)21-9-5-2-6-10-21/h1-12,17,24,26H,13-16,18-19H2,(H,36,37). The van der Waals surface area contributed by atoms with Gasteiger partial charge in [0.15, 0.2) is 0 Å². The first-order valence-electron chi connectivity index (χ1n) is 12.2. The summed E-state index contributed by atoms with van der Waals surface area (Å²) in [5.74, 6) is -1.94. The maximum Gasteiger partial charge on any atom is 0.326 e. The lowest BCUT2D eigenvalue weighted by molar-refractivity contribution is -0.150. The Labute approximate surface area is 226 Å². The van der Waals surface area contributed by atoms with E-state index in [1.165, 1.54) is 9.80 Å². The molecule has 1 saturated heterocycles. The Hall–Kier alpha value is -3.35. The molecule has 4 rings (SSSR count). The number of hydrogen-bond donors (Lipinski definition) is 1. The molecule has 1 heterocycles. The van der Waals surface area contributed by atoms with Crippen LogP contribution in [-0.2, 0) is 20.8 Å². The Morgan fingerprint density at radius 3 is 2.08 bits per heavy atom. The van der Waals surface area contributed by atoms with Gasteiger partial charge in [0.05, 0.1) is 13.0 Å². The molecule has 6 nitrogen and oxygen atoms in total. The number of benzene rings is 3. The zero-order chi connectivity index (χ0) is 26.4. The number of carbonyl (C=O) groups is 3. The van der Waals surface area contributed by atoms with Crippen molar-refractivity contribution in [3.63, 3.8) is 0 Å². The number of nitrogens with zero attached hydrogens (tertiary/aromatic N) is 2. The van der Waals surface area contributed by atoms with E-state index in [9.17, 15) is 19.5 Å². The average Bonchev–Trinajstić information content (AvgIpc) is 3.01. The molecule has 192 valence electrons. The Balaban J connectivity index is 1.51. The lowest BCUT2D eigenvalue weighted by atomic mass is 9.88. The minimum Gasteiger partial charge on any atom is -0.480 e. The summed E-state index contributed by atoms with van der Waals surface area (Å²) in [5, 5.41) is 10.9. The number of carbonyl (C=O) groups excluding carboxylic acids is 2. The molecule has 0 bridgehead atoms. The molecule has 8 heteroatoms. The maximum atomic E-state index is 13.3. The fraction of sp³-hybridized carbons (Fsp3) is 0.276. The molecule has 0 radical (unpaired) electrons. The van der Waals surface area contributed by atoms with Crippen LogP contribution < -0.4 is 0 Å². The van der Waals surface area contributed by atoms with Crippen molar-refractivity contribution in [1.29, 1.82) is 0 Å². The fourth-order valence-corrected chi connectivity index (χ4v) is 5.27. The maximum absolute atomic E-state index is 13.3. The number of halogens is 2. The Morgan fingerprint density at radius 2 is 1.51 bits per heavy atom. The summed E-state index contributed by atoms with van der Waals surface area (Å²) in [4.78, 5) is 41.3. The first-order valence-corrected chi connectivity index (χ1v) is 12.9. The van der Waals surface area contributed by atoms with E-state index in [1.807, 2.05) is 60.7 Å². The van der Waals surface area contributed by atoms with E-state index in [0.29, 0.717) is 22.9 Å². The van der Waals surface area contributed by atoms with Gasteiger partial charge in [0.2, 0.25) is 11.8 Å². The predicted molar refractivity (Wildman–Crippen MR) is 144 cm³/mol. The highest BCUT2D eigenvalue weighted by molar-refractivity contribution is 6.35. The number of hydrogen-bond acceptors (Lipinski definition) is 3. The van der Waals surface area contributed by atoms with E-state index in [0.717, 1.165) is 16.7 Å². The second-order valence-corrected chi connectivity index (χ2v) is 9.95. The summed E-state index contributed by atoms with van der Waals surface area (Å²) < 4.78 is 0. The van der Waals surface area contributed by atoms with E-state index < -0.39 is 12.0 Å². The van der Waals surface area contributed by atoms with E-state index >= 15 is 0 Å². The summed E-state index contributed by atoms with van der Waals surface area (Å²) in [6.07, 6.45) is 0.686. The highest BCUT2D eigenvalue weighted by Crippen LogP contribution is 2.29. The molecular weight excluding hydrogens is 511 g/mol. The molecule has 0 aliphatic carbocycles. The second-order valence-electron chi connectivity index (χ2n) is 9.11. The van der Waals surface area contributed by atoms with Crippen LogP contribution in [0.15, 0.2) is 78.9 Å². The Bertz CT molecular complexity index is 1210. The van der Waals surface area contributed by atoms with Crippen molar-refractivity contribution >= 4 is 41.0 Å². The van der Waals surface area contributed by atoms with Crippen molar-refractivity contribution in [2.75, 3.05) is 19.6 Å². The predicted octanol–water partition coefficient (Wildman–Crippen LogP) is 5.27. The van der Waals surface area contributed by atoms with Gasteiger partial charge in [-0.15, -0.1) is 0 Å². The van der Waals surface area contributed by atoms with Crippen molar-refractivity contribution < 1.29 is 19.5 Å². The van der Waals surface area contributed by atoms with Gasteiger partial charge < -0.3 is 14.9 Å². The molecule has 3 aromatic carbocycles. The number of carboxylic acids is 1. The van der Waals surface area contributed by atoms with Crippen LogP contribution in [-0.4, -0.2) is 58.4 Å². The number of rotatable bonds is 9. The fourth-order valence-electron chi connectivity index (χ4n) is 4.77. The van der Waals surface area contributed by atoms with Crippen LogP contribution in [0.25, 0.3) is 0 Å². The lowest BCUT2D eigenvalue weighted by Gasteiger charge is -2.28. The van der Waals surface area contributed by atoms with Crippen LogP contribution in [0.1, 0.15) is 35.4 Å². The average molecular weight is 539 g/mol. The molecule has 0 aromatic heterocycles. The largest absolute Gasteiger partial charge is 0.480 e. The van der Waals surface area contributed by atoms with Crippen LogP contribution in [0.3, 0.4) is 0 Å². The van der Waals surface area contributed by atoms with E-state index in [2.05, 4.69) is 0 Å². The van der Waals surface area contributed by atoms with Gasteiger partial charge in [-0.05, 0) is 41.7 Å². The van der Waals surface area contributed by atoms with Crippen molar-refractivity contribution in [3.05, 3.63) is 106 Å². The van der Waals surface area contributed by atoms with Gasteiger partial charge in [-0.3, -0.25) is 9.59 Å². The van der Waals surface area contributed by atoms with Gasteiger partial charge >= 0.3 is 5.97 Å². The third kappa shape index (κ3) is 6.70. The van der Waals surface area contributed by atoms with Crippen molar-refractivity contribution in [3.8, 4) is 0 Å². The van der Waals surface area contributed by atoms with Gasteiger partial charge in [-0.2, -0.15) is 0 Å². The van der Waals surface area contributed by atoms with E-state index in [-0.39, 0.29) is 43.8 Å². The molecule has 3 aromatic rings. The van der Waals surface area contributed by atoms with Crippen LogP contribution in [0.5, 0.6) is 0 Å². The quantitative estimate of drug-likeness (QED) is 0.402. The van der Waals surface area contributed by atoms with Crippen LogP contribution in [0.4, 0.5) is 0 Å². The summed E-state index contributed by atoms with van der Waals surface area (Å²) in [7, 11) is 0. The van der Waals surface area contributed by atoms with E-state index in [1.54, 1.807) is 18.2 Å². The summed E-state index contributed by atoms with van der Waals surface area (Å²) in [6, 6.07) is 23.8. The normalized spacial score (nSPS) is 16.2. The third-order valence-electron chi connectivity index (χ3n) is 6.76. The molecule has 1 atom stereocenters. The van der Waals surface area contributed by atoms with Crippen LogP contribution in [0.2, 0.25) is 10.0 Å². The first-order chi connectivity index (χ1) is 17.8. The van der Waals surface area contributed by atoms with Gasteiger partial charge in [0, 0.05) is 29.1 Å². The first kappa shape index (κ1) is 26.7. The topological polar surface area (TPSA) is 77.9 Å². The molecular formula is C29H28Cl2N2O4. The van der Waals surface area contributed by atoms with Crippen molar-refractivity contribution in [2.45, 2.75) is 31.2 Å². The number of amides is 2. The van der Waals surface area contributed by atoms with Gasteiger partial charge in [-0.25, -0.2) is 4.79 Å². The van der Waals surface area contributed by atoms with Crippen LogP contribution >= 0.6 is 23.2 Å². The summed E-state index contributed by atoms with van der Waals surface area (Å²) in [5.41, 5.74) is 2.97. The van der Waals surface area contributed by atoms with Gasteiger partial charge in [0.25, 0.3) is 0 Å².